The van der Waals surface area contributed by atoms with Gasteiger partial charge >= 0.3 is 0 Å². The van der Waals surface area contributed by atoms with Gasteiger partial charge in [0.25, 0.3) is 0 Å². The molecule has 0 spiro atoms. The van der Waals surface area contributed by atoms with Gasteiger partial charge in [-0.3, -0.25) is 0 Å². The second kappa shape index (κ2) is 21.4. The molecule has 0 saturated carbocycles. The lowest BCUT2D eigenvalue weighted by Crippen LogP contribution is -1.99. The van der Waals surface area contributed by atoms with Crippen LogP contribution in [-0.2, 0) is 24.9 Å². The molecule has 0 fully saturated rings. The normalized spacial score (nSPS) is 11.2. The minimum Gasteiger partial charge on any atom is -0.315 e. The summed E-state index contributed by atoms with van der Waals surface area (Å²) in [5.74, 6) is 0.868. The lowest BCUT2D eigenvalue weighted by molar-refractivity contribution is -0.700. The van der Waals surface area contributed by atoms with E-state index >= 15 is 0 Å². The van der Waals surface area contributed by atoms with Crippen molar-refractivity contribution in [3.63, 3.8) is 0 Å². The molecule has 0 aliphatic carbocycles. The molecule has 0 atom stereocenters. The lowest BCUT2D eigenvalue weighted by atomic mass is 10.0. The molecule has 0 aliphatic heterocycles. The van der Waals surface area contributed by atoms with Gasteiger partial charge in [-0.15, -0.1) is 0 Å². The average Bonchev–Trinajstić information content (AvgIpc) is 2.60. The molecule has 0 aliphatic rings. The first-order valence-corrected chi connectivity index (χ1v) is 10.2. The third-order valence-electron chi connectivity index (χ3n) is 4.22. The Balaban J connectivity index is 2.97. The van der Waals surface area contributed by atoms with Crippen molar-refractivity contribution in [2.45, 2.75) is 104 Å². The van der Waals surface area contributed by atoms with E-state index in [0.29, 0.717) is 6.61 Å². The van der Waals surface area contributed by atoms with Gasteiger partial charge in [0.2, 0.25) is 0 Å². The molecule has 5 heteroatoms. The Morgan fingerprint density at radius 3 is 1.60 bits per heavy atom. The maximum Gasteiger partial charge on any atom is 0.125 e. The molecule has 150 valence electrons. The van der Waals surface area contributed by atoms with E-state index in [9.17, 15) is 0 Å². The lowest BCUT2D eigenvalue weighted by Gasteiger charge is -2.05. The van der Waals surface area contributed by atoms with E-state index in [4.69, 9.17) is 4.89 Å². The number of hydrogen-bond acceptors (Lipinski definition) is 5. The maximum absolute atomic E-state index is 4.74. The van der Waals surface area contributed by atoms with Gasteiger partial charge in [-0.05, 0) is 17.4 Å². The summed E-state index contributed by atoms with van der Waals surface area (Å²) in [7, 11) is 0. The van der Waals surface area contributed by atoms with Crippen molar-refractivity contribution in [3.05, 3.63) is 12.8 Å². The van der Waals surface area contributed by atoms with Gasteiger partial charge in [0.15, 0.2) is 0 Å². The minimum atomic E-state index is 0.481. The molecule has 25 heavy (non-hydrogen) atoms. The Morgan fingerprint density at radius 1 is 0.640 bits per heavy atom. The molecule has 0 radical (unpaired) electrons. The number of unbranched alkanes of at least 4 members (excludes halogenated alkanes) is 12. The number of rotatable bonds is 21. The second-order valence-corrected chi connectivity index (χ2v) is 7.07. The van der Waals surface area contributed by atoms with Crippen LogP contribution in [0, 0.1) is 5.92 Å². The van der Waals surface area contributed by atoms with E-state index in [1.165, 1.54) is 77.0 Å². The predicted octanol–water partition coefficient (Wildman–Crippen LogP) is 6.99. The minimum absolute atomic E-state index is 0.481. The van der Waals surface area contributed by atoms with Crippen molar-refractivity contribution in [2.75, 3.05) is 6.61 Å². The average molecular weight is 361 g/mol. The van der Waals surface area contributed by atoms with Gasteiger partial charge < -0.3 is 4.89 Å². The van der Waals surface area contributed by atoms with Crippen LogP contribution in [0.1, 0.15) is 104 Å². The molecule has 0 rings (SSSR count). The van der Waals surface area contributed by atoms with Crippen molar-refractivity contribution < 1.29 is 24.9 Å². The molecule has 0 aromatic rings. The quantitative estimate of drug-likeness (QED) is 0.0955. The Hall–Kier alpha value is -0.620. The first kappa shape index (κ1) is 24.4. The van der Waals surface area contributed by atoms with Crippen LogP contribution in [0.5, 0.6) is 0 Å². The fourth-order valence-corrected chi connectivity index (χ4v) is 2.77. The number of hydrogen-bond donors (Lipinski definition) is 0. The molecule has 0 saturated heterocycles. The summed E-state index contributed by atoms with van der Waals surface area (Å²) in [6.07, 6.45) is 19.8. The summed E-state index contributed by atoms with van der Waals surface area (Å²) < 4.78 is 0. The largest absolute Gasteiger partial charge is 0.315 e. The van der Waals surface area contributed by atoms with Crippen LogP contribution in [0.3, 0.4) is 0 Å². The van der Waals surface area contributed by atoms with Gasteiger partial charge in [0.1, 0.15) is 6.26 Å². The van der Waals surface area contributed by atoms with E-state index in [1.807, 2.05) is 0 Å². The van der Waals surface area contributed by atoms with Gasteiger partial charge in [0.05, 0.1) is 6.61 Å². The highest BCUT2D eigenvalue weighted by Gasteiger charge is 1.96. The third-order valence-corrected chi connectivity index (χ3v) is 4.22. The van der Waals surface area contributed by atoms with E-state index in [-0.39, 0.29) is 0 Å². The summed E-state index contributed by atoms with van der Waals surface area (Å²) in [6, 6.07) is 0. The van der Waals surface area contributed by atoms with Crippen LogP contribution in [0.2, 0.25) is 0 Å². The van der Waals surface area contributed by atoms with Crippen LogP contribution in [0.15, 0.2) is 12.8 Å². The monoisotopic (exact) mass is 360 g/mol. The first-order valence-electron chi connectivity index (χ1n) is 10.2. The maximum atomic E-state index is 4.74. The van der Waals surface area contributed by atoms with Crippen molar-refractivity contribution in [1.82, 2.24) is 0 Å². The highest BCUT2D eigenvalue weighted by molar-refractivity contribution is 4.50. The summed E-state index contributed by atoms with van der Waals surface area (Å²) in [6.45, 7) is 8.37. The van der Waals surface area contributed by atoms with Crippen LogP contribution < -0.4 is 0 Å². The summed E-state index contributed by atoms with van der Waals surface area (Å²) in [5.41, 5.74) is 0. The fourth-order valence-electron chi connectivity index (χ4n) is 2.77. The molecule has 0 aromatic carbocycles. The summed E-state index contributed by atoms with van der Waals surface area (Å²) in [5, 5.41) is 12.4. The molecule has 0 aromatic heterocycles. The van der Waals surface area contributed by atoms with Gasteiger partial charge in [-0.25, -0.2) is 4.89 Å². The van der Waals surface area contributed by atoms with E-state index in [1.54, 1.807) is 0 Å². The fraction of sp³-hybridized carbons (Fsp3) is 0.900. The van der Waals surface area contributed by atoms with Crippen molar-refractivity contribution in [2.24, 2.45) is 5.92 Å². The van der Waals surface area contributed by atoms with Gasteiger partial charge in [-0.1, -0.05) is 104 Å². The highest BCUT2D eigenvalue weighted by Crippen LogP contribution is 2.14. The zero-order valence-electron chi connectivity index (χ0n) is 16.5. The topological polar surface area (TPSA) is 46.2 Å². The van der Waals surface area contributed by atoms with E-state index < -0.39 is 0 Å². The van der Waals surface area contributed by atoms with E-state index in [0.717, 1.165) is 25.0 Å². The Labute approximate surface area is 154 Å². The van der Waals surface area contributed by atoms with Crippen LogP contribution in [-0.4, -0.2) is 6.61 Å². The standard InChI is InChI=1S/C20H40O5/c1-4-21-23-25-24-22-19-17-15-13-11-9-7-5-6-8-10-12-14-16-18-20(2)3/h4,20H,1,5-19H2,2-3H3. The van der Waals surface area contributed by atoms with Crippen LogP contribution in [0.25, 0.3) is 0 Å². The molecule has 0 amide bonds. The molecule has 0 heterocycles. The predicted molar refractivity (Wildman–Crippen MR) is 100.0 cm³/mol. The Kier molecular flexibility index (Phi) is 20.9. The molecular weight excluding hydrogens is 320 g/mol. The van der Waals surface area contributed by atoms with Crippen molar-refractivity contribution >= 4 is 0 Å². The van der Waals surface area contributed by atoms with Gasteiger partial charge in [0, 0.05) is 10.1 Å². The summed E-state index contributed by atoms with van der Waals surface area (Å²) in [4.78, 5) is 8.94. The summed E-state index contributed by atoms with van der Waals surface area (Å²) >= 11 is 0. The zero-order chi connectivity index (χ0) is 18.4. The molecule has 5 nitrogen and oxygen atoms in total. The van der Waals surface area contributed by atoms with Crippen molar-refractivity contribution in [3.8, 4) is 0 Å². The molecular formula is C20H40O5. The van der Waals surface area contributed by atoms with Crippen molar-refractivity contribution in [1.29, 1.82) is 0 Å². The molecule has 0 unspecified atom stereocenters. The smallest absolute Gasteiger partial charge is 0.125 e. The second-order valence-electron chi connectivity index (χ2n) is 7.07. The first-order chi connectivity index (χ1) is 12.3. The molecule has 0 N–H and O–H groups in total. The third kappa shape index (κ3) is 23.4. The highest BCUT2D eigenvalue weighted by atomic mass is 17.8. The Bertz CT molecular complexity index is 258. The zero-order valence-corrected chi connectivity index (χ0v) is 16.5. The molecule has 0 bridgehead atoms. The SMILES string of the molecule is C=COOOOOCCCCCCCCCCCCCCCC(C)C. The Morgan fingerprint density at radius 2 is 1.12 bits per heavy atom. The van der Waals surface area contributed by atoms with Crippen LogP contribution in [0.4, 0.5) is 0 Å². The van der Waals surface area contributed by atoms with E-state index in [2.05, 4.69) is 40.4 Å². The van der Waals surface area contributed by atoms with Crippen LogP contribution >= 0.6 is 0 Å². The van der Waals surface area contributed by atoms with Gasteiger partial charge in [-0.2, -0.15) is 0 Å².